The summed E-state index contributed by atoms with van der Waals surface area (Å²) in [5.74, 6) is 0.252. The van der Waals surface area contributed by atoms with E-state index in [1.165, 1.54) is 27.8 Å². The number of pyridine rings is 1. The lowest BCUT2D eigenvalue weighted by Gasteiger charge is -2.21. The molecule has 2 heterocycles. The van der Waals surface area contributed by atoms with Crippen molar-refractivity contribution in [1.29, 1.82) is 0 Å². The molecule has 1 unspecified atom stereocenters. The molecule has 2 aliphatic rings. The van der Waals surface area contributed by atoms with Crippen LogP contribution in [0.5, 0.6) is 0 Å². The molecule has 1 aliphatic carbocycles. The topological polar surface area (TPSA) is 24.9 Å². The number of hydrogen-bond acceptors (Lipinski definition) is 2. The fraction of sp³-hybridized carbons (Fsp3) is 0.107. The minimum absolute atomic E-state index is 0.252. The van der Waals surface area contributed by atoms with E-state index in [-0.39, 0.29) is 5.92 Å². The van der Waals surface area contributed by atoms with Crippen molar-refractivity contribution in [3.05, 3.63) is 125 Å². The number of nitrogens with zero attached hydrogens (tertiary/aromatic N) is 1. The van der Waals surface area contributed by atoms with Crippen LogP contribution in [0.25, 0.3) is 22.3 Å². The van der Waals surface area contributed by atoms with Crippen LogP contribution < -0.4 is 5.32 Å². The molecule has 3 heteroatoms. The van der Waals surface area contributed by atoms with E-state index in [9.17, 15) is 0 Å². The van der Waals surface area contributed by atoms with Gasteiger partial charge < -0.3 is 5.32 Å². The van der Waals surface area contributed by atoms with Crippen LogP contribution in [0.1, 0.15) is 29.0 Å². The Kier molecular flexibility index (Phi) is 5.56. The average molecular weight is 423 g/mol. The summed E-state index contributed by atoms with van der Waals surface area (Å²) in [6.45, 7) is 0.855. The quantitative estimate of drug-likeness (QED) is 0.492. The molecule has 5 rings (SSSR count). The van der Waals surface area contributed by atoms with Crippen molar-refractivity contribution >= 4 is 22.7 Å². The van der Waals surface area contributed by atoms with E-state index in [2.05, 4.69) is 89.2 Å². The SMILES string of the molecule is ClC1=CC(c2cccc(-c3cccnc3)c2)=CC(c2cccc(C3=CC=CNC3)c2)C1. The summed E-state index contributed by atoms with van der Waals surface area (Å²) in [6.07, 6.45) is 15.2. The second kappa shape index (κ2) is 8.79. The highest BCUT2D eigenvalue weighted by Crippen LogP contribution is 2.37. The molecule has 152 valence electrons. The Hall–Kier alpha value is -3.36. The largest absolute Gasteiger partial charge is 0.387 e. The number of rotatable bonds is 4. The molecule has 0 radical (unpaired) electrons. The molecule has 31 heavy (non-hydrogen) atoms. The van der Waals surface area contributed by atoms with Crippen molar-refractivity contribution in [3.63, 3.8) is 0 Å². The molecule has 2 nitrogen and oxygen atoms in total. The van der Waals surface area contributed by atoms with E-state index in [0.717, 1.165) is 29.1 Å². The smallest absolute Gasteiger partial charge is 0.0401 e. The Balaban J connectivity index is 1.48. The number of allylic oxidation sites excluding steroid dienone is 6. The fourth-order valence-corrected chi connectivity index (χ4v) is 4.48. The molecule has 0 amide bonds. The highest BCUT2D eigenvalue weighted by Gasteiger charge is 2.18. The monoisotopic (exact) mass is 422 g/mol. The third kappa shape index (κ3) is 4.40. The lowest BCUT2D eigenvalue weighted by molar-refractivity contribution is 0.845. The zero-order valence-electron chi connectivity index (χ0n) is 17.1. The molecule has 0 saturated carbocycles. The summed E-state index contributed by atoms with van der Waals surface area (Å²) in [7, 11) is 0. The number of halogens is 1. The van der Waals surface area contributed by atoms with E-state index in [0.29, 0.717) is 0 Å². The molecule has 1 aliphatic heterocycles. The molecular formula is C28H23ClN2. The number of dihydropyridines is 1. The van der Waals surface area contributed by atoms with E-state index in [1.54, 1.807) is 6.20 Å². The Bertz CT molecular complexity index is 1220. The Morgan fingerprint density at radius 1 is 0.903 bits per heavy atom. The van der Waals surface area contributed by atoms with E-state index in [1.807, 2.05) is 18.5 Å². The van der Waals surface area contributed by atoms with Crippen LogP contribution in [-0.2, 0) is 0 Å². The Labute approximate surface area is 188 Å². The van der Waals surface area contributed by atoms with Crippen molar-refractivity contribution in [3.8, 4) is 11.1 Å². The summed E-state index contributed by atoms with van der Waals surface area (Å²) in [4.78, 5) is 4.25. The minimum Gasteiger partial charge on any atom is -0.387 e. The zero-order chi connectivity index (χ0) is 21.0. The highest BCUT2D eigenvalue weighted by atomic mass is 35.5. The lowest BCUT2D eigenvalue weighted by atomic mass is 9.85. The summed E-state index contributed by atoms with van der Waals surface area (Å²) < 4.78 is 0. The normalized spacial score (nSPS) is 18.0. The van der Waals surface area contributed by atoms with Gasteiger partial charge in [0, 0.05) is 35.5 Å². The van der Waals surface area contributed by atoms with E-state index >= 15 is 0 Å². The maximum absolute atomic E-state index is 6.63. The van der Waals surface area contributed by atoms with Crippen LogP contribution in [0.3, 0.4) is 0 Å². The van der Waals surface area contributed by atoms with Crippen LogP contribution in [0.4, 0.5) is 0 Å². The van der Waals surface area contributed by atoms with Crippen LogP contribution >= 0.6 is 11.6 Å². The van der Waals surface area contributed by atoms with Gasteiger partial charge in [0.25, 0.3) is 0 Å². The second-order valence-electron chi connectivity index (χ2n) is 7.90. The Morgan fingerprint density at radius 3 is 2.58 bits per heavy atom. The molecule has 0 bridgehead atoms. The van der Waals surface area contributed by atoms with Crippen LogP contribution in [0.2, 0.25) is 0 Å². The molecule has 1 atom stereocenters. The van der Waals surface area contributed by atoms with E-state index in [4.69, 9.17) is 11.6 Å². The van der Waals surface area contributed by atoms with Crippen molar-refractivity contribution < 1.29 is 0 Å². The molecule has 3 aromatic rings. The van der Waals surface area contributed by atoms with Gasteiger partial charge in [-0.25, -0.2) is 0 Å². The molecular weight excluding hydrogens is 400 g/mol. The van der Waals surface area contributed by atoms with Gasteiger partial charge in [-0.1, -0.05) is 72.3 Å². The maximum Gasteiger partial charge on any atom is 0.0401 e. The molecule has 0 saturated heterocycles. The molecule has 1 aromatic heterocycles. The maximum atomic E-state index is 6.63. The first-order valence-corrected chi connectivity index (χ1v) is 10.9. The second-order valence-corrected chi connectivity index (χ2v) is 8.39. The summed E-state index contributed by atoms with van der Waals surface area (Å²) in [5.41, 5.74) is 8.46. The number of nitrogens with one attached hydrogen (secondary N) is 1. The van der Waals surface area contributed by atoms with Crippen molar-refractivity contribution in [1.82, 2.24) is 10.3 Å². The van der Waals surface area contributed by atoms with Gasteiger partial charge >= 0.3 is 0 Å². The third-order valence-corrected chi connectivity index (χ3v) is 6.05. The first-order chi connectivity index (χ1) is 15.3. The summed E-state index contributed by atoms with van der Waals surface area (Å²) in [5, 5.41) is 4.18. The number of aromatic nitrogens is 1. The average Bonchev–Trinajstić information content (AvgIpc) is 2.85. The zero-order valence-corrected chi connectivity index (χ0v) is 17.9. The van der Waals surface area contributed by atoms with Gasteiger partial charge in [0.1, 0.15) is 0 Å². The van der Waals surface area contributed by atoms with Gasteiger partial charge in [0.15, 0.2) is 0 Å². The van der Waals surface area contributed by atoms with Gasteiger partial charge in [-0.15, -0.1) is 0 Å². The minimum atomic E-state index is 0.252. The first-order valence-electron chi connectivity index (χ1n) is 10.5. The van der Waals surface area contributed by atoms with Crippen LogP contribution in [0, 0.1) is 0 Å². The summed E-state index contributed by atoms with van der Waals surface area (Å²) in [6, 6.07) is 21.5. The number of benzene rings is 2. The molecule has 2 aromatic carbocycles. The van der Waals surface area contributed by atoms with Crippen LogP contribution in [-0.4, -0.2) is 11.5 Å². The van der Waals surface area contributed by atoms with Crippen molar-refractivity contribution in [2.24, 2.45) is 0 Å². The van der Waals surface area contributed by atoms with Crippen molar-refractivity contribution in [2.75, 3.05) is 6.54 Å². The van der Waals surface area contributed by atoms with Gasteiger partial charge in [-0.2, -0.15) is 0 Å². The van der Waals surface area contributed by atoms with Gasteiger partial charge in [-0.3, -0.25) is 4.98 Å². The first kappa shape index (κ1) is 19.6. The molecule has 1 N–H and O–H groups in total. The molecule has 0 fully saturated rings. The van der Waals surface area contributed by atoms with Crippen molar-refractivity contribution in [2.45, 2.75) is 12.3 Å². The highest BCUT2D eigenvalue weighted by molar-refractivity contribution is 6.30. The Morgan fingerprint density at radius 2 is 1.74 bits per heavy atom. The summed E-state index contributed by atoms with van der Waals surface area (Å²) >= 11 is 6.63. The van der Waals surface area contributed by atoms with Crippen LogP contribution in [0.15, 0.2) is 109 Å². The predicted octanol–water partition coefficient (Wildman–Crippen LogP) is 6.94. The lowest BCUT2D eigenvalue weighted by Crippen LogP contribution is -2.12. The fourth-order valence-electron chi connectivity index (χ4n) is 4.19. The van der Waals surface area contributed by atoms with Gasteiger partial charge in [0.2, 0.25) is 0 Å². The standard InChI is InChI=1S/C28H23ClN2/c29-28-16-26(22-7-1-5-20(13-22)24-9-3-11-30-18-24)15-27(17-28)23-8-2-6-21(14-23)25-10-4-12-31-19-25/h1-16,18,27,31H,17,19H2. The van der Waals surface area contributed by atoms with Gasteiger partial charge in [0.05, 0.1) is 0 Å². The third-order valence-electron chi connectivity index (χ3n) is 5.79. The molecule has 0 spiro atoms. The predicted molar refractivity (Wildman–Crippen MR) is 131 cm³/mol. The number of hydrogen-bond donors (Lipinski definition) is 1. The van der Waals surface area contributed by atoms with Gasteiger partial charge in [-0.05, 0) is 70.3 Å². The van der Waals surface area contributed by atoms with E-state index < -0.39 is 0 Å².